The maximum atomic E-state index is 6.00. The van der Waals surface area contributed by atoms with E-state index in [2.05, 4.69) is 6.92 Å². The Labute approximate surface area is 65.5 Å². The van der Waals surface area contributed by atoms with E-state index in [0.29, 0.717) is 0 Å². The molecule has 1 aliphatic rings. The van der Waals surface area contributed by atoms with Gasteiger partial charge in [-0.1, -0.05) is 37.1 Å². The van der Waals surface area contributed by atoms with Crippen molar-refractivity contribution in [3.05, 3.63) is 0 Å². The van der Waals surface area contributed by atoms with E-state index in [-0.39, 0.29) is 8.80 Å². The number of rotatable bonds is 3. The molecular weight excluding hydrogens is 164 g/mol. The van der Waals surface area contributed by atoms with Crippen LogP contribution in [0, 0.1) is 0 Å². The van der Waals surface area contributed by atoms with Gasteiger partial charge in [0.1, 0.15) is 8.11 Å². The summed E-state index contributed by atoms with van der Waals surface area (Å²) in [5, 5.41) is 0. The van der Waals surface area contributed by atoms with Crippen molar-refractivity contribution in [1.29, 1.82) is 0 Å². The van der Waals surface area contributed by atoms with Crippen molar-refractivity contribution < 1.29 is 0 Å². The van der Waals surface area contributed by atoms with E-state index in [1.165, 1.54) is 12.8 Å². The van der Waals surface area contributed by atoms with Crippen molar-refractivity contribution in [2.45, 2.75) is 37.1 Å². The van der Waals surface area contributed by atoms with Crippen molar-refractivity contribution >= 4 is 28.0 Å². The second-order valence-corrected chi connectivity index (χ2v) is 12.2. The second-order valence-electron chi connectivity index (χ2n) is 3.08. The molecule has 0 aromatic heterocycles. The lowest BCUT2D eigenvalue weighted by Gasteiger charge is -2.27. The normalized spacial score (nSPS) is 34.0. The Balaban J connectivity index is 1.91. The molecule has 0 saturated carbocycles. The van der Waals surface area contributed by atoms with Crippen LogP contribution in [0.4, 0.5) is 0 Å². The van der Waals surface area contributed by atoms with Crippen molar-refractivity contribution in [3.63, 3.8) is 0 Å². The van der Waals surface area contributed by atoms with Gasteiger partial charge in [-0.2, -0.15) is 11.1 Å². The van der Waals surface area contributed by atoms with Crippen LogP contribution in [-0.2, 0) is 0 Å². The predicted molar refractivity (Wildman–Crippen MR) is 49.5 cm³/mol. The van der Waals surface area contributed by atoms with Gasteiger partial charge >= 0.3 is 0 Å². The lowest BCUT2D eigenvalue weighted by atomic mass is 10.4. The van der Waals surface area contributed by atoms with Crippen LogP contribution in [-0.4, -0.2) is 16.9 Å². The Kier molecular flexibility index (Phi) is 3.29. The summed E-state index contributed by atoms with van der Waals surface area (Å²) >= 11 is 6.00. The molecular formula is C6H15ClSi2. The van der Waals surface area contributed by atoms with Crippen LogP contribution >= 0.6 is 11.1 Å². The summed E-state index contributed by atoms with van der Waals surface area (Å²) in [6.07, 6.45) is 2.87. The van der Waals surface area contributed by atoms with Crippen molar-refractivity contribution in [1.82, 2.24) is 0 Å². The smallest absolute Gasteiger partial charge is 0.135 e. The molecule has 9 heavy (non-hydrogen) atoms. The third kappa shape index (κ3) is 2.44. The number of unbranched alkanes of at least 4 members (excludes halogenated alkanes) is 1. The quantitative estimate of drug-likeness (QED) is 0.459. The molecule has 0 spiro atoms. The fourth-order valence-corrected chi connectivity index (χ4v) is 14.0. The van der Waals surface area contributed by atoms with Gasteiger partial charge < -0.3 is 0 Å². The molecule has 0 N–H and O–H groups in total. The number of hydrogen-bond donors (Lipinski definition) is 0. The van der Waals surface area contributed by atoms with Gasteiger partial charge in [-0.25, -0.2) is 0 Å². The first-order valence-electron chi connectivity index (χ1n) is 3.97. The maximum absolute atomic E-state index is 6.00. The summed E-state index contributed by atoms with van der Waals surface area (Å²) in [5.74, 6) is 0. The van der Waals surface area contributed by atoms with Gasteiger partial charge in [0.25, 0.3) is 0 Å². The predicted octanol–water partition coefficient (Wildman–Crippen LogP) is 2.07. The van der Waals surface area contributed by atoms with Crippen LogP contribution in [0.1, 0.15) is 19.8 Å². The fourth-order valence-electron chi connectivity index (χ4n) is 1.38. The van der Waals surface area contributed by atoms with E-state index >= 15 is 0 Å². The largest absolute Gasteiger partial charge is 0.172 e. The molecule has 1 heterocycles. The first kappa shape index (κ1) is 7.83. The van der Waals surface area contributed by atoms with Crippen LogP contribution in [0.5, 0.6) is 0 Å². The minimum absolute atomic E-state index is 0.146. The lowest BCUT2D eigenvalue weighted by molar-refractivity contribution is 0.871. The van der Waals surface area contributed by atoms with Crippen molar-refractivity contribution in [2.24, 2.45) is 0 Å². The highest BCUT2D eigenvalue weighted by atomic mass is 35.6. The van der Waals surface area contributed by atoms with Gasteiger partial charge in [-0.05, 0) is 0 Å². The monoisotopic (exact) mass is 178 g/mol. The summed E-state index contributed by atoms with van der Waals surface area (Å²) in [6.45, 7) is 2.28. The first-order valence-corrected chi connectivity index (χ1v) is 9.79. The van der Waals surface area contributed by atoms with E-state index in [0.717, 1.165) is 0 Å². The fraction of sp³-hybridized carbons (Fsp3) is 1.00. The highest BCUT2D eigenvalue weighted by Crippen LogP contribution is 2.26. The Morgan fingerprint density at radius 3 is 2.56 bits per heavy atom. The summed E-state index contributed by atoms with van der Waals surface area (Å²) in [6, 6.07) is 1.59. The average molecular weight is 179 g/mol. The van der Waals surface area contributed by atoms with Gasteiger partial charge in [0, 0.05) is 8.80 Å². The molecule has 54 valence electrons. The van der Waals surface area contributed by atoms with Crippen molar-refractivity contribution in [3.8, 4) is 0 Å². The summed E-state index contributed by atoms with van der Waals surface area (Å²) in [5.41, 5.74) is 3.11. The minimum atomic E-state index is -0.536. The molecule has 0 amide bonds. The Morgan fingerprint density at radius 2 is 2.11 bits per heavy atom. The third-order valence-corrected chi connectivity index (χ3v) is 16.0. The minimum Gasteiger partial charge on any atom is -0.172 e. The van der Waals surface area contributed by atoms with Crippen LogP contribution < -0.4 is 0 Å². The SMILES string of the molecule is CCCC[SiH]1C[SiH](Cl)C1. The van der Waals surface area contributed by atoms with Gasteiger partial charge in [-0.15, -0.1) is 0 Å². The summed E-state index contributed by atoms with van der Waals surface area (Å²) in [7, 11) is -0.682. The second kappa shape index (κ2) is 3.79. The zero-order valence-electron chi connectivity index (χ0n) is 6.07. The zero-order valence-corrected chi connectivity index (χ0v) is 9.13. The van der Waals surface area contributed by atoms with Gasteiger partial charge in [0.15, 0.2) is 0 Å². The molecule has 1 rings (SSSR count). The Hall–Kier alpha value is 0.724. The molecule has 1 fully saturated rings. The first-order chi connectivity index (χ1) is 4.33. The van der Waals surface area contributed by atoms with Gasteiger partial charge in [-0.3, -0.25) is 0 Å². The van der Waals surface area contributed by atoms with E-state index < -0.39 is 8.11 Å². The number of hydrogen-bond acceptors (Lipinski definition) is 0. The maximum Gasteiger partial charge on any atom is 0.135 e. The molecule has 0 aromatic rings. The van der Waals surface area contributed by atoms with Gasteiger partial charge in [0.05, 0.1) is 0 Å². The molecule has 0 radical (unpaired) electrons. The van der Waals surface area contributed by atoms with E-state index in [4.69, 9.17) is 11.1 Å². The van der Waals surface area contributed by atoms with Crippen LogP contribution in [0.3, 0.4) is 0 Å². The molecule has 1 aliphatic heterocycles. The topological polar surface area (TPSA) is 0 Å². The third-order valence-electron chi connectivity index (χ3n) is 2.14. The van der Waals surface area contributed by atoms with Crippen LogP contribution in [0.2, 0.25) is 17.4 Å². The molecule has 0 aromatic carbocycles. The molecule has 0 nitrogen and oxygen atoms in total. The lowest BCUT2D eigenvalue weighted by Crippen LogP contribution is -2.35. The average Bonchev–Trinajstić information content (AvgIpc) is 1.78. The Morgan fingerprint density at radius 1 is 1.44 bits per heavy atom. The van der Waals surface area contributed by atoms with Crippen molar-refractivity contribution in [2.75, 3.05) is 0 Å². The molecule has 0 atom stereocenters. The molecule has 3 heteroatoms. The molecule has 0 aliphatic carbocycles. The summed E-state index contributed by atoms with van der Waals surface area (Å²) in [4.78, 5) is 0. The highest BCUT2D eigenvalue weighted by Gasteiger charge is 2.28. The molecule has 0 unspecified atom stereocenters. The van der Waals surface area contributed by atoms with E-state index in [1.54, 1.807) is 17.4 Å². The molecule has 1 saturated heterocycles. The van der Waals surface area contributed by atoms with E-state index in [1.807, 2.05) is 0 Å². The Bertz CT molecular complexity index is 81.1. The van der Waals surface area contributed by atoms with Crippen LogP contribution in [0.15, 0.2) is 0 Å². The zero-order chi connectivity index (χ0) is 6.69. The summed E-state index contributed by atoms with van der Waals surface area (Å²) < 4.78 is 0. The molecule has 0 bridgehead atoms. The van der Waals surface area contributed by atoms with Crippen LogP contribution in [0.25, 0.3) is 0 Å². The standard InChI is InChI=1S/C6H15ClSi2/c1-2-3-4-8-5-9(7)6-8/h8-9H,2-6H2,1H3. The van der Waals surface area contributed by atoms with Gasteiger partial charge in [0.2, 0.25) is 0 Å². The number of halogens is 1. The van der Waals surface area contributed by atoms with E-state index in [9.17, 15) is 0 Å². The highest BCUT2D eigenvalue weighted by molar-refractivity contribution is 7.20.